The van der Waals surface area contributed by atoms with E-state index in [2.05, 4.69) is 32.8 Å². The Labute approximate surface area is 80.6 Å². The fourth-order valence-electron chi connectivity index (χ4n) is 1.20. The van der Waals surface area contributed by atoms with Crippen molar-refractivity contribution in [2.45, 2.75) is 32.1 Å². The van der Waals surface area contributed by atoms with E-state index < -0.39 is 0 Å². The molecule has 0 N–H and O–H groups in total. The van der Waals surface area contributed by atoms with Gasteiger partial charge in [-0.2, -0.15) is 0 Å². The highest BCUT2D eigenvalue weighted by atomic mass is 79.9. The van der Waals surface area contributed by atoms with Gasteiger partial charge >= 0.3 is 0 Å². The Hall–Kier alpha value is -0.440. The van der Waals surface area contributed by atoms with Gasteiger partial charge in [0.05, 0.1) is 10.2 Å². The van der Waals surface area contributed by atoms with Crippen molar-refractivity contribution in [1.82, 2.24) is 9.97 Å². The summed E-state index contributed by atoms with van der Waals surface area (Å²) in [6, 6.07) is 0. The second-order valence-electron chi connectivity index (χ2n) is 3.15. The first-order valence-corrected chi connectivity index (χ1v) is 5.12. The van der Waals surface area contributed by atoms with Crippen LogP contribution in [0.4, 0.5) is 0 Å². The Kier molecular flexibility index (Phi) is 2.13. The van der Waals surface area contributed by atoms with Crippen molar-refractivity contribution >= 4 is 15.9 Å². The van der Waals surface area contributed by atoms with E-state index >= 15 is 0 Å². The molecular formula is C9H11BrN2. The normalized spacial score (nSPS) is 16.5. The minimum absolute atomic E-state index is 0.656. The van der Waals surface area contributed by atoms with E-state index in [9.17, 15) is 0 Å². The topological polar surface area (TPSA) is 25.8 Å². The van der Waals surface area contributed by atoms with Crippen LogP contribution in [0.1, 0.15) is 37.2 Å². The first-order valence-electron chi connectivity index (χ1n) is 4.32. The summed E-state index contributed by atoms with van der Waals surface area (Å²) < 4.78 is 1.04. The van der Waals surface area contributed by atoms with Crippen molar-refractivity contribution in [3.05, 3.63) is 22.2 Å². The van der Waals surface area contributed by atoms with Crippen LogP contribution in [-0.4, -0.2) is 9.97 Å². The molecule has 64 valence electrons. The molecule has 2 rings (SSSR count). The summed E-state index contributed by atoms with van der Waals surface area (Å²) in [7, 11) is 0. The molecule has 0 unspecified atom stereocenters. The van der Waals surface area contributed by atoms with E-state index in [1.165, 1.54) is 12.8 Å². The third-order valence-corrected chi connectivity index (χ3v) is 2.78. The van der Waals surface area contributed by atoms with Crippen LogP contribution in [-0.2, 0) is 6.42 Å². The van der Waals surface area contributed by atoms with E-state index in [-0.39, 0.29) is 0 Å². The molecule has 1 aromatic heterocycles. The van der Waals surface area contributed by atoms with Crippen LogP contribution in [0.15, 0.2) is 10.7 Å². The second kappa shape index (κ2) is 3.13. The minimum Gasteiger partial charge on any atom is -0.240 e. The molecule has 1 heterocycles. The quantitative estimate of drug-likeness (QED) is 0.776. The van der Waals surface area contributed by atoms with Crippen LogP contribution in [0.2, 0.25) is 0 Å². The lowest BCUT2D eigenvalue weighted by Gasteiger charge is -2.01. The van der Waals surface area contributed by atoms with Crippen LogP contribution >= 0.6 is 15.9 Å². The average molecular weight is 227 g/mol. The van der Waals surface area contributed by atoms with Crippen LogP contribution in [0.25, 0.3) is 0 Å². The summed E-state index contributed by atoms with van der Waals surface area (Å²) in [5, 5.41) is 0. The van der Waals surface area contributed by atoms with Crippen molar-refractivity contribution in [1.29, 1.82) is 0 Å². The van der Waals surface area contributed by atoms with Crippen LogP contribution in [0.5, 0.6) is 0 Å². The van der Waals surface area contributed by atoms with Gasteiger partial charge in [0.25, 0.3) is 0 Å². The van der Waals surface area contributed by atoms with Crippen molar-refractivity contribution in [2.24, 2.45) is 0 Å². The van der Waals surface area contributed by atoms with Gasteiger partial charge in [0, 0.05) is 12.1 Å². The molecule has 1 aliphatic carbocycles. The number of halogens is 1. The third kappa shape index (κ3) is 1.51. The number of aryl methyl sites for hydroxylation is 1. The van der Waals surface area contributed by atoms with Gasteiger partial charge in [-0.1, -0.05) is 6.92 Å². The lowest BCUT2D eigenvalue weighted by atomic mass is 10.3. The zero-order valence-electron chi connectivity index (χ0n) is 7.05. The van der Waals surface area contributed by atoms with Crippen molar-refractivity contribution in [3.63, 3.8) is 0 Å². The molecule has 2 nitrogen and oxygen atoms in total. The van der Waals surface area contributed by atoms with Gasteiger partial charge in [0.1, 0.15) is 5.82 Å². The molecule has 0 atom stereocenters. The predicted octanol–water partition coefficient (Wildman–Crippen LogP) is 2.68. The summed E-state index contributed by atoms with van der Waals surface area (Å²) in [4.78, 5) is 8.79. The number of hydrogen-bond acceptors (Lipinski definition) is 2. The van der Waals surface area contributed by atoms with E-state index in [1.807, 2.05) is 6.20 Å². The predicted molar refractivity (Wildman–Crippen MR) is 51.1 cm³/mol. The molecule has 0 aromatic carbocycles. The van der Waals surface area contributed by atoms with Crippen LogP contribution in [0.3, 0.4) is 0 Å². The molecule has 3 heteroatoms. The lowest BCUT2D eigenvalue weighted by Crippen LogP contribution is -1.97. The first-order chi connectivity index (χ1) is 5.81. The monoisotopic (exact) mass is 226 g/mol. The molecular weight excluding hydrogens is 216 g/mol. The number of hydrogen-bond donors (Lipinski definition) is 0. The smallest absolute Gasteiger partial charge is 0.131 e. The summed E-state index contributed by atoms with van der Waals surface area (Å²) in [5.74, 6) is 1.69. The highest BCUT2D eigenvalue weighted by Crippen LogP contribution is 2.38. The Morgan fingerprint density at radius 1 is 1.58 bits per heavy atom. The zero-order chi connectivity index (χ0) is 8.55. The average Bonchev–Trinajstić information content (AvgIpc) is 2.88. The van der Waals surface area contributed by atoms with Gasteiger partial charge in [0.15, 0.2) is 0 Å². The maximum Gasteiger partial charge on any atom is 0.131 e. The van der Waals surface area contributed by atoms with Gasteiger partial charge in [-0.25, -0.2) is 9.97 Å². The summed E-state index contributed by atoms with van der Waals surface area (Å²) in [5.41, 5.74) is 1.13. The van der Waals surface area contributed by atoms with Crippen molar-refractivity contribution in [3.8, 4) is 0 Å². The van der Waals surface area contributed by atoms with Crippen LogP contribution in [0, 0.1) is 0 Å². The van der Waals surface area contributed by atoms with Gasteiger partial charge in [-0.15, -0.1) is 0 Å². The van der Waals surface area contributed by atoms with Gasteiger partial charge in [0.2, 0.25) is 0 Å². The maximum atomic E-state index is 4.49. The molecule has 12 heavy (non-hydrogen) atoms. The third-order valence-electron chi connectivity index (χ3n) is 2.11. The molecule has 0 amide bonds. The Bertz CT molecular complexity index is 295. The van der Waals surface area contributed by atoms with Crippen molar-refractivity contribution in [2.75, 3.05) is 0 Å². The highest BCUT2D eigenvalue weighted by Gasteiger charge is 2.26. The number of nitrogens with zero attached hydrogens (tertiary/aromatic N) is 2. The largest absolute Gasteiger partial charge is 0.240 e. The standard InChI is InChI=1S/C9H11BrN2/c1-2-8-7(10)5-11-9(12-8)6-3-4-6/h5-6H,2-4H2,1H3. The summed E-state index contributed by atoms with van der Waals surface area (Å²) in [6.45, 7) is 2.11. The summed E-state index contributed by atoms with van der Waals surface area (Å²) in [6.07, 6.45) is 5.39. The molecule has 0 spiro atoms. The highest BCUT2D eigenvalue weighted by molar-refractivity contribution is 9.10. The zero-order valence-corrected chi connectivity index (χ0v) is 8.63. The molecule has 0 bridgehead atoms. The molecule has 1 saturated carbocycles. The lowest BCUT2D eigenvalue weighted by molar-refractivity contribution is 0.870. The summed E-state index contributed by atoms with van der Waals surface area (Å²) >= 11 is 3.44. The van der Waals surface area contributed by atoms with Crippen LogP contribution < -0.4 is 0 Å². The SMILES string of the molecule is CCc1nc(C2CC2)ncc1Br. The molecule has 1 aromatic rings. The first kappa shape index (κ1) is 8.17. The maximum absolute atomic E-state index is 4.49. The molecule has 1 fully saturated rings. The fraction of sp³-hybridized carbons (Fsp3) is 0.556. The Morgan fingerprint density at radius 2 is 2.33 bits per heavy atom. The molecule has 0 saturated heterocycles. The molecule has 1 aliphatic rings. The van der Waals surface area contributed by atoms with Gasteiger partial charge in [-0.05, 0) is 35.2 Å². The van der Waals surface area contributed by atoms with Gasteiger partial charge in [-0.3, -0.25) is 0 Å². The fourth-order valence-corrected chi connectivity index (χ4v) is 1.68. The second-order valence-corrected chi connectivity index (χ2v) is 4.00. The Morgan fingerprint density at radius 3 is 2.92 bits per heavy atom. The van der Waals surface area contributed by atoms with Crippen molar-refractivity contribution < 1.29 is 0 Å². The number of aromatic nitrogens is 2. The molecule has 0 radical (unpaired) electrons. The molecule has 0 aliphatic heterocycles. The van der Waals surface area contributed by atoms with E-state index in [1.54, 1.807) is 0 Å². The van der Waals surface area contributed by atoms with Gasteiger partial charge < -0.3 is 0 Å². The van der Waals surface area contributed by atoms with E-state index in [4.69, 9.17) is 0 Å². The Balaban J connectivity index is 2.33. The minimum atomic E-state index is 0.656. The van der Waals surface area contributed by atoms with E-state index in [0.29, 0.717) is 5.92 Å². The number of rotatable bonds is 2. The van der Waals surface area contributed by atoms with E-state index in [0.717, 1.165) is 22.4 Å².